The largest absolute Gasteiger partial charge is 0.309 e. The Morgan fingerprint density at radius 1 is 0.263 bits per heavy atom. The number of aromatic nitrogens is 5. The molecule has 76 heavy (non-hydrogen) atoms. The van der Waals surface area contributed by atoms with Crippen molar-refractivity contribution in [2.24, 2.45) is 0 Å². The first-order chi connectivity index (χ1) is 37.6. The first-order valence-electron chi connectivity index (χ1n) is 25.5. The van der Waals surface area contributed by atoms with Crippen molar-refractivity contribution in [3.8, 4) is 96.1 Å². The Bertz CT molecular complexity index is 4480. The Hall–Kier alpha value is -10.5. The molecule has 354 valence electrons. The van der Waals surface area contributed by atoms with E-state index >= 15 is 0 Å². The van der Waals surface area contributed by atoms with Crippen LogP contribution in [0, 0.1) is 11.3 Å². The molecule has 0 fully saturated rings. The third-order valence-electron chi connectivity index (χ3n) is 14.7. The van der Waals surface area contributed by atoms with E-state index in [4.69, 9.17) is 15.0 Å². The summed E-state index contributed by atoms with van der Waals surface area (Å²) in [4.78, 5) is 15.2. The summed E-state index contributed by atoms with van der Waals surface area (Å²) in [5.74, 6) is 1.48. The normalized spacial score (nSPS) is 11.4. The molecule has 6 nitrogen and oxygen atoms in total. The zero-order valence-electron chi connectivity index (χ0n) is 41.1. The summed E-state index contributed by atoms with van der Waals surface area (Å²) < 4.78 is 4.70. The molecule has 0 amide bonds. The summed E-state index contributed by atoms with van der Waals surface area (Å²) in [6.45, 7) is 0. The van der Waals surface area contributed by atoms with Crippen LogP contribution in [0.2, 0.25) is 0 Å². The van der Waals surface area contributed by atoms with Crippen LogP contribution in [0.25, 0.3) is 134 Å². The van der Waals surface area contributed by atoms with E-state index in [1.165, 1.54) is 43.8 Å². The molecule has 0 N–H and O–H groups in total. The van der Waals surface area contributed by atoms with Gasteiger partial charge in [-0.3, -0.25) is 0 Å². The van der Waals surface area contributed by atoms with Gasteiger partial charge in [-0.1, -0.05) is 194 Å². The lowest BCUT2D eigenvalue weighted by atomic mass is 9.89. The third kappa shape index (κ3) is 7.70. The van der Waals surface area contributed by atoms with Gasteiger partial charge in [0, 0.05) is 49.6 Å². The highest BCUT2D eigenvalue weighted by Crippen LogP contribution is 2.42. The summed E-state index contributed by atoms with van der Waals surface area (Å²) in [6, 6.07) is 95.9. The molecule has 11 aromatic carbocycles. The van der Waals surface area contributed by atoms with Gasteiger partial charge in [0.2, 0.25) is 0 Å². The van der Waals surface area contributed by atoms with E-state index < -0.39 is 0 Å². The van der Waals surface area contributed by atoms with Crippen molar-refractivity contribution >= 4 is 43.6 Å². The lowest BCUT2D eigenvalue weighted by Gasteiger charge is -2.17. The predicted octanol–water partition coefficient (Wildman–Crippen LogP) is 17.6. The van der Waals surface area contributed by atoms with E-state index in [2.05, 4.69) is 215 Å². The van der Waals surface area contributed by atoms with Gasteiger partial charge in [0.15, 0.2) is 17.5 Å². The van der Waals surface area contributed by atoms with E-state index in [1.54, 1.807) is 0 Å². The number of hydrogen-bond acceptors (Lipinski definition) is 4. The molecular weight excluding hydrogens is 925 g/mol. The van der Waals surface area contributed by atoms with E-state index in [0.717, 1.165) is 66.8 Å². The molecule has 14 rings (SSSR count). The van der Waals surface area contributed by atoms with E-state index in [-0.39, 0.29) is 0 Å². The molecule has 3 heterocycles. The molecular formula is C70H44N6. The SMILES string of the molecule is N#Cc1cc(-c2ccc(-n3c4ccccc4c4cc(-c5ccccc5)ccc43)cc2)c(-c2ccc(-n3c4ccccc4c4cc(-c5ccccc5)ccc43)cc2)cc1-c1nc(-c2ccccc2)nc(-c2ccccc2)n1. The van der Waals surface area contributed by atoms with Crippen molar-refractivity contribution in [3.05, 3.63) is 272 Å². The number of nitriles is 1. The molecule has 0 bridgehead atoms. The Morgan fingerprint density at radius 3 is 1.05 bits per heavy atom. The number of nitrogens with zero attached hydrogens (tertiary/aromatic N) is 6. The Morgan fingerprint density at radius 2 is 0.618 bits per heavy atom. The molecule has 0 spiro atoms. The second-order valence-corrected chi connectivity index (χ2v) is 19.1. The summed E-state index contributed by atoms with van der Waals surface area (Å²) in [6.07, 6.45) is 0. The Balaban J connectivity index is 0.932. The van der Waals surface area contributed by atoms with Crippen LogP contribution in [0.1, 0.15) is 5.56 Å². The van der Waals surface area contributed by atoms with Crippen LogP contribution in [0.15, 0.2) is 267 Å². The van der Waals surface area contributed by atoms with Crippen LogP contribution in [0.5, 0.6) is 0 Å². The van der Waals surface area contributed by atoms with Gasteiger partial charge in [0.1, 0.15) is 0 Å². The van der Waals surface area contributed by atoms with Crippen molar-refractivity contribution in [3.63, 3.8) is 0 Å². The van der Waals surface area contributed by atoms with Crippen LogP contribution in [-0.4, -0.2) is 24.1 Å². The van der Waals surface area contributed by atoms with Crippen LogP contribution in [0.4, 0.5) is 0 Å². The molecule has 0 saturated carbocycles. The van der Waals surface area contributed by atoms with Gasteiger partial charge in [-0.2, -0.15) is 5.26 Å². The third-order valence-corrected chi connectivity index (χ3v) is 14.7. The van der Waals surface area contributed by atoms with Gasteiger partial charge in [-0.25, -0.2) is 15.0 Å². The maximum atomic E-state index is 11.1. The van der Waals surface area contributed by atoms with Crippen LogP contribution in [-0.2, 0) is 0 Å². The molecule has 0 aliphatic carbocycles. The first-order valence-corrected chi connectivity index (χ1v) is 25.5. The predicted molar refractivity (Wildman–Crippen MR) is 311 cm³/mol. The lowest BCUT2D eigenvalue weighted by molar-refractivity contribution is 1.07. The van der Waals surface area contributed by atoms with Gasteiger partial charge >= 0.3 is 0 Å². The van der Waals surface area contributed by atoms with Crippen molar-refractivity contribution in [2.45, 2.75) is 0 Å². The second kappa shape index (κ2) is 18.5. The Labute approximate surface area is 439 Å². The van der Waals surface area contributed by atoms with Crippen molar-refractivity contribution < 1.29 is 0 Å². The highest BCUT2D eigenvalue weighted by molar-refractivity contribution is 6.12. The maximum absolute atomic E-state index is 11.1. The van der Waals surface area contributed by atoms with Crippen molar-refractivity contribution in [1.82, 2.24) is 24.1 Å². The minimum atomic E-state index is 0.422. The average Bonchev–Trinajstić information content (AvgIpc) is 4.02. The smallest absolute Gasteiger partial charge is 0.165 e. The van der Waals surface area contributed by atoms with Crippen molar-refractivity contribution in [2.75, 3.05) is 0 Å². The molecule has 3 aromatic heterocycles. The zero-order valence-corrected chi connectivity index (χ0v) is 41.1. The molecule has 6 heteroatoms. The highest BCUT2D eigenvalue weighted by atomic mass is 15.0. The standard InChI is InChI=1S/C70H44N6/c71-45-54-43-59(48-29-35-55(36-30-48)75-64-27-15-13-25-57(64)62-41-52(33-39-66(62)75)46-17-5-1-6-18-46)60(44-61(54)70-73-68(50-21-9-3-10-22-50)72-69(74-70)51-23-11-4-12-24-51)49-31-37-56(38-32-49)76-65-28-16-14-26-58(65)63-42-53(34-40-67(63)76)47-19-7-2-8-20-47/h1-44H. The molecule has 0 saturated heterocycles. The lowest BCUT2D eigenvalue weighted by Crippen LogP contribution is -2.02. The highest BCUT2D eigenvalue weighted by Gasteiger charge is 2.21. The van der Waals surface area contributed by atoms with Crippen LogP contribution < -0.4 is 0 Å². The van der Waals surface area contributed by atoms with Gasteiger partial charge < -0.3 is 9.13 Å². The fraction of sp³-hybridized carbons (Fsp3) is 0. The molecule has 0 aliphatic heterocycles. The zero-order chi connectivity index (χ0) is 50.5. The summed E-state index contributed by atoms with van der Waals surface area (Å²) >= 11 is 0. The van der Waals surface area contributed by atoms with E-state index in [9.17, 15) is 5.26 Å². The van der Waals surface area contributed by atoms with Crippen LogP contribution >= 0.6 is 0 Å². The van der Waals surface area contributed by atoms with Crippen LogP contribution in [0.3, 0.4) is 0 Å². The maximum Gasteiger partial charge on any atom is 0.165 e. The van der Waals surface area contributed by atoms with Gasteiger partial charge in [-0.05, 0) is 117 Å². The molecule has 0 atom stereocenters. The first kappa shape index (κ1) is 44.2. The molecule has 0 aliphatic rings. The quantitative estimate of drug-likeness (QED) is 0.144. The fourth-order valence-corrected chi connectivity index (χ4v) is 11.0. The second-order valence-electron chi connectivity index (χ2n) is 19.1. The minimum Gasteiger partial charge on any atom is -0.309 e. The number of para-hydroxylation sites is 2. The van der Waals surface area contributed by atoms with E-state index in [1.807, 2.05) is 66.7 Å². The van der Waals surface area contributed by atoms with E-state index in [0.29, 0.717) is 28.6 Å². The monoisotopic (exact) mass is 968 g/mol. The molecule has 0 radical (unpaired) electrons. The van der Waals surface area contributed by atoms with Gasteiger partial charge in [-0.15, -0.1) is 0 Å². The van der Waals surface area contributed by atoms with Gasteiger partial charge in [0.05, 0.1) is 33.7 Å². The topological polar surface area (TPSA) is 72.3 Å². The summed E-state index contributed by atoms with van der Waals surface area (Å²) in [5, 5.41) is 15.9. The number of fused-ring (bicyclic) bond motifs is 6. The molecule has 14 aromatic rings. The summed E-state index contributed by atoms with van der Waals surface area (Å²) in [5.41, 5.74) is 18.0. The average molecular weight is 969 g/mol. The number of benzene rings is 11. The fourth-order valence-electron chi connectivity index (χ4n) is 11.0. The number of rotatable bonds is 9. The Kier molecular flexibility index (Phi) is 10.8. The van der Waals surface area contributed by atoms with Crippen molar-refractivity contribution in [1.29, 1.82) is 5.26 Å². The minimum absolute atomic E-state index is 0.422. The molecule has 0 unspecified atom stereocenters. The summed E-state index contributed by atoms with van der Waals surface area (Å²) in [7, 11) is 0. The number of hydrogen-bond donors (Lipinski definition) is 0. The van der Waals surface area contributed by atoms with Gasteiger partial charge in [0.25, 0.3) is 0 Å².